The van der Waals surface area contributed by atoms with Gasteiger partial charge in [-0.3, -0.25) is 4.98 Å². The van der Waals surface area contributed by atoms with Crippen molar-refractivity contribution in [3.05, 3.63) is 30.7 Å². The smallest absolute Gasteiger partial charge is 0.126 e. The van der Waals surface area contributed by atoms with Crippen molar-refractivity contribution in [2.45, 2.75) is 0 Å². The van der Waals surface area contributed by atoms with E-state index in [0.717, 1.165) is 15.6 Å². The van der Waals surface area contributed by atoms with Gasteiger partial charge in [0.1, 0.15) is 10.0 Å². The van der Waals surface area contributed by atoms with Crippen LogP contribution in [-0.4, -0.2) is 9.97 Å². The van der Waals surface area contributed by atoms with Crippen molar-refractivity contribution >= 4 is 41.2 Å². The highest BCUT2D eigenvalue weighted by Gasteiger charge is 2.00. The molecule has 76 valence electrons. The van der Waals surface area contributed by atoms with E-state index in [2.05, 4.69) is 9.97 Å². The minimum atomic E-state index is 0. The second-order valence-corrected chi connectivity index (χ2v) is 3.37. The molecule has 14 heavy (non-hydrogen) atoms. The maximum atomic E-state index is 5.55. The molecule has 0 spiro atoms. The van der Waals surface area contributed by atoms with Gasteiger partial charge in [-0.2, -0.15) is 0 Å². The first-order valence-electron chi connectivity index (χ1n) is 3.48. The highest BCUT2D eigenvalue weighted by molar-refractivity contribution is 7.18. The van der Waals surface area contributed by atoms with E-state index in [-0.39, 0.29) is 24.8 Å². The highest BCUT2D eigenvalue weighted by atomic mass is 35.5. The number of nitrogens with two attached hydrogens (primary N) is 1. The summed E-state index contributed by atoms with van der Waals surface area (Å²) in [6.07, 6.45) is 5.17. The average molecular weight is 250 g/mol. The van der Waals surface area contributed by atoms with Gasteiger partial charge >= 0.3 is 0 Å². The molecule has 0 saturated carbocycles. The summed E-state index contributed by atoms with van der Waals surface area (Å²) in [5.41, 5.74) is 6.56. The third-order valence-corrected chi connectivity index (χ3v) is 2.31. The van der Waals surface area contributed by atoms with E-state index >= 15 is 0 Å². The van der Waals surface area contributed by atoms with Crippen LogP contribution < -0.4 is 5.73 Å². The molecule has 2 aromatic heterocycles. The number of hydrogen-bond acceptors (Lipinski definition) is 4. The van der Waals surface area contributed by atoms with Gasteiger partial charge in [-0.1, -0.05) is 11.3 Å². The molecule has 2 aromatic rings. The first-order chi connectivity index (χ1) is 5.86. The number of nitrogen functional groups attached to an aromatic ring is 1. The first kappa shape index (κ1) is 13.2. The highest BCUT2D eigenvalue weighted by Crippen LogP contribution is 2.24. The Morgan fingerprint density at radius 2 is 2.00 bits per heavy atom. The van der Waals surface area contributed by atoms with Gasteiger partial charge in [0.25, 0.3) is 0 Å². The second-order valence-electron chi connectivity index (χ2n) is 2.31. The summed E-state index contributed by atoms with van der Waals surface area (Å²) in [4.78, 5) is 8.14. The summed E-state index contributed by atoms with van der Waals surface area (Å²) < 4.78 is 0. The van der Waals surface area contributed by atoms with Gasteiger partial charge in [0.05, 0.1) is 6.20 Å². The Bertz CT molecular complexity index is 377. The van der Waals surface area contributed by atoms with Crippen LogP contribution in [0.1, 0.15) is 0 Å². The normalized spacial score (nSPS) is 8.57. The summed E-state index contributed by atoms with van der Waals surface area (Å²) in [5.74, 6) is 0. The van der Waals surface area contributed by atoms with Crippen LogP contribution in [0, 0.1) is 0 Å². The Hall–Kier alpha value is -0.840. The van der Waals surface area contributed by atoms with E-state index in [1.807, 2.05) is 12.1 Å². The topological polar surface area (TPSA) is 51.8 Å². The molecule has 0 amide bonds. The lowest BCUT2D eigenvalue weighted by molar-refractivity contribution is 1.31. The third kappa shape index (κ3) is 2.83. The molecular weight excluding hydrogens is 241 g/mol. The lowest BCUT2D eigenvalue weighted by Gasteiger charge is -1.91. The lowest BCUT2D eigenvalue weighted by atomic mass is 10.3. The summed E-state index contributed by atoms with van der Waals surface area (Å²) in [5, 5.41) is 1.65. The Kier molecular flexibility index (Phi) is 5.45. The average Bonchev–Trinajstić information content (AvgIpc) is 2.54. The number of nitrogens with zero attached hydrogens (tertiary/aromatic N) is 2. The van der Waals surface area contributed by atoms with E-state index in [1.165, 1.54) is 11.3 Å². The fourth-order valence-electron chi connectivity index (χ4n) is 0.909. The van der Waals surface area contributed by atoms with Gasteiger partial charge < -0.3 is 5.73 Å². The molecule has 6 heteroatoms. The molecule has 0 atom stereocenters. The summed E-state index contributed by atoms with van der Waals surface area (Å²) in [6.45, 7) is 0. The SMILES string of the molecule is Cl.Cl.Nc1cnc(-c2cccnc2)s1. The number of rotatable bonds is 1. The van der Waals surface area contributed by atoms with Crippen LogP contribution in [-0.2, 0) is 0 Å². The molecule has 3 nitrogen and oxygen atoms in total. The van der Waals surface area contributed by atoms with Crippen molar-refractivity contribution in [1.29, 1.82) is 0 Å². The summed E-state index contributed by atoms with van der Waals surface area (Å²) in [7, 11) is 0. The number of pyridine rings is 1. The zero-order chi connectivity index (χ0) is 8.39. The predicted molar refractivity (Wildman–Crippen MR) is 64.3 cm³/mol. The molecule has 2 rings (SSSR count). The fourth-order valence-corrected chi connectivity index (χ4v) is 1.58. The van der Waals surface area contributed by atoms with Crippen molar-refractivity contribution in [2.24, 2.45) is 0 Å². The van der Waals surface area contributed by atoms with E-state index in [9.17, 15) is 0 Å². The molecule has 0 aliphatic rings. The first-order valence-corrected chi connectivity index (χ1v) is 4.29. The lowest BCUT2D eigenvalue weighted by Crippen LogP contribution is -1.75. The minimum Gasteiger partial charge on any atom is -0.389 e. The van der Waals surface area contributed by atoms with E-state index in [1.54, 1.807) is 18.6 Å². The molecular formula is C8H9Cl2N3S. The minimum absolute atomic E-state index is 0. The Morgan fingerprint density at radius 1 is 1.21 bits per heavy atom. The van der Waals surface area contributed by atoms with Crippen LogP contribution >= 0.6 is 36.2 Å². The van der Waals surface area contributed by atoms with Crippen LogP contribution in [0.3, 0.4) is 0 Å². The number of anilines is 1. The molecule has 0 aliphatic heterocycles. The zero-order valence-electron chi connectivity index (χ0n) is 7.08. The monoisotopic (exact) mass is 249 g/mol. The van der Waals surface area contributed by atoms with Crippen LogP contribution in [0.25, 0.3) is 10.6 Å². The van der Waals surface area contributed by atoms with Crippen LogP contribution in [0.15, 0.2) is 30.7 Å². The van der Waals surface area contributed by atoms with Crippen LogP contribution in [0.4, 0.5) is 5.00 Å². The van der Waals surface area contributed by atoms with E-state index in [0.29, 0.717) is 0 Å². The number of hydrogen-bond donors (Lipinski definition) is 1. The Balaban J connectivity index is 0.000000845. The van der Waals surface area contributed by atoms with E-state index < -0.39 is 0 Å². The largest absolute Gasteiger partial charge is 0.389 e. The number of thiazole rings is 1. The van der Waals surface area contributed by atoms with Crippen LogP contribution in [0.2, 0.25) is 0 Å². The quantitative estimate of drug-likeness (QED) is 0.846. The van der Waals surface area contributed by atoms with Gasteiger partial charge in [0.2, 0.25) is 0 Å². The number of halogens is 2. The van der Waals surface area contributed by atoms with Gasteiger partial charge in [0.15, 0.2) is 0 Å². The molecule has 2 heterocycles. The third-order valence-electron chi connectivity index (χ3n) is 1.43. The summed E-state index contributed by atoms with van der Waals surface area (Å²) >= 11 is 1.47. The van der Waals surface area contributed by atoms with Crippen LogP contribution in [0.5, 0.6) is 0 Å². The maximum absolute atomic E-state index is 5.55. The van der Waals surface area contributed by atoms with Gasteiger partial charge in [0, 0.05) is 18.0 Å². The Morgan fingerprint density at radius 3 is 2.50 bits per heavy atom. The molecule has 0 unspecified atom stereocenters. The van der Waals surface area contributed by atoms with Crippen molar-refractivity contribution in [3.63, 3.8) is 0 Å². The van der Waals surface area contributed by atoms with Gasteiger partial charge in [-0.05, 0) is 12.1 Å². The zero-order valence-corrected chi connectivity index (χ0v) is 9.53. The molecule has 0 aromatic carbocycles. The van der Waals surface area contributed by atoms with E-state index in [4.69, 9.17) is 5.73 Å². The predicted octanol–water partition coefficient (Wildman–Crippen LogP) is 2.63. The molecule has 0 saturated heterocycles. The summed E-state index contributed by atoms with van der Waals surface area (Å²) in [6, 6.07) is 3.85. The maximum Gasteiger partial charge on any atom is 0.126 e. The molecule has 2 N–H and O–H groups in total. The van der Waals surface area contributed by atoms with Gasteiger partial charge in [-0.15, -0.1) is 24.8 Å². The molecule has 0 fully saturated rings. The fraction of sp³-hybridized carbons (Fsp3) is 0. The molecule has 0 bridgehead atoms. The van der Waals surface area contributed by atoms with Crippen molar-refractivity contribution in [2.75, 3.05) is 5.73 Å². The molecule has 0 aliphatic carbocycles. The second kappa shape index (κ2) is 5.80. The Labute approximate surface area is 98.2 Å². The van der Waals surface area contributed by atoms with Gasteiger partial charge in [-0.25, -0.2) is 4.98 Å². The van der Waals surface area contributed by atoms with Crippen molar-refractivity contribution in [3.8, 4) is 10.6 Å². The molecule has 0 radical (unpaired) electrons. The standard InChI is InChI=1S/C8H7N3S.2ClH/c9-7-5-11-8(12-7)6-2-1-3-10-4-6;;/h1-5H,9H2;2*1H. The van der Waals surface area contributed by atoms with Crippen molar-refractivity contribution in [1.82, 2.24) is 9.97 Å². The number of aromatic nitrogens is 2. The van der Waals surface area contributed by atoms with Crippen molar-refractivity contribution < 1.29 is 0 Å².